The molecule has 7 heteroatoms. The Bertz CT molecular complexity index is 954. The van der Waals surface area contributed by atoms with E-state index in [4.69, 9.17) is 4.74 Å². The molecule has 0 unspecified atom stereocenters. The summed E-state index contributed by atoms with van der Waals surface area (Å²) in [5, 5.41) is 0. The lowest BCUT2D eigenvalue weighted by molar-refractivity contribution is -0.136. The fourth-order valence-corrected chi connectivity index (χ4v) is 5.12. The second kappa shape index (κ2) is 9.22. The first-order valence-corrected chi connectivity index (χ1v) is 11.5. The summed E-state index contributed by atoms with van der Waals surface area (Å²) in [4.78, 5) is 26.2. The van der Waals surface area contributed by atoms with E-state index in [-0.39, 0.29) is 35.8 Å². The Morgan fingerprint density at radius 2 is 1.76 bits per heavy atom. The van der Waals surface area contributed by atoms with Crippen LogP contribution in [-0.4, -0.2) is 49.2 Å². The summed E-state index contributed by atoms with van der Waals surface area (Å²) in [5.41, 5.74) is 1.54. The summed E-state index contributed by atoms with van der Waals surface area (Å²) >= 11 is 0. The van der Waals surface area contributed by atoms with Crippen LogP contribution in [0.4, 0.5) is 0 Å². The van der Waals surface area contributed by atoms with Crippen LogP contribution < -0.4 is 4.74 Å². The minimum absolute atomic E-state index is 0.0145. The molecule has 154 valence electrons. The SMILES string of the molecule is CCC(=O)c1ccc(OCC(=O)N(Cc2ccccc2)[C@H]2CCS(=O)(=O)C2)cc1. The highest BCUT2D eigenvalue weighted by molar-refractivity contribution is 7.91. The van der Waals surface area contributed by atoms with E-state index >= 15 is 0 Å². The number of amides is 1. The van der Waals surface area contributed by atoms with Crippen molar-refractivity contribution < 1.29 is 22.7 Å². The largest absolute Gasteiger partial charge is 0.484 e. The molecule has 0 aromatic heterocycles. The third-order valence-corrected chi connectivity index (χ3v) is 6.78. The number of Topliss-reactive ketones (excluding diaryl/α,β-unsaturated/α-hetero) is 1. The Balaban J connectivity index is 1.68. The third-order valence-electron chi connectivity index (χ3n) is 5.02. The lowest BCUT2D eigenvalue weighted by atomic mass is 10.1. The van der Waals surface area contributed by atoms with E-state index in [0.29, 0.717) is 30.7 Å². The van der Waals surface area contributed by atoms with Gasteiger partial charge in [-0.1, -0.05) is 37.3 Å². The minimum Gasteiger partial charge on any atom is -0.484 e. The van der Waals surface area contributed by atoms with Gasteiger partial charge >= 0.3 is 0 Å². The van der Waals surface area contributed by atoms with Crippen LogP contribution in [0.25, 0.3) is 0 Å². The van der Waals surface area contributed by atoms with Crippen LogP contribution in [-0.2, 0) is 21.2 Å². The maximum Gasteiger partial charge on any atom is 0.261 e. The van der Waals surface area contributed by atoms with Crippen molar-refractivity contribution in [1.29, 1.82) is 0 Å². The van der Waals surface area contributed by atoms with Crippen LogP contribution in [0, 0.1) is 0 Å². The summed E-state index contributed by atoms with van der Waals surface area (Å²) < 4.78 is 29.4. The fourth-order valence-electron chi connectivity index (χ4n) is 3.39. The highest BCUT2D eigenvalue weighted by atomic mass is 32.2. The smallest absolute Gasteiger partial charge is 0.261 e. The molecule has 2 aromatic carbocycles. The van der Waals surface area contributed by atoms with Crippen LogP contribution in [0.2, 0.25) is 0 Å². The molecule has 0 aliphatic carbocycles. The second-order valence-corrected chi connectivity index (χ2v) is 9.38. The molecule has 0 saturated carbocycles. The van der Waals surface area contributed by atoms with Gasteiger partial charge in [0, 0.05) is 24.6 Å². The van der Waals surface area contributed by atoms with Crippen molar-refractivity contribution in [3.8, 4) is 5.75 Å². The Morgan fingerprint density at radius 3 is 2.34 bits per heavy atom. The first kappa shape index (κ1) is 21.0. The van der Waals surface area contributed by atoms with Gasteiger partial charge in [-0.3, -0.25) is 9.59 Å². The monoisotopic (exact) mass is 415 g/mol. The number of nitrogens with zero attached hydrogens (tertiary/aromatic N) is 1. The highest BCUT2D eigenvalue weighted by Crippen LogP contribution is 2.21. The normalized spacial score (nSPS) is 17.6. The van der Waals surface area contributed by atoms with Crippen LogP contribution in [0.3, 0.4) is 0 Å². The van der Waals surface area contributed by atoms with E-state index in [1.165, 1.54) is 0 Å². The van der Waals surface area contributed by atoms with Crippen molar-refractivity contribution in [2.24, 2.45) is 0 Å². The van der Waals surface area contributed by atoms with Crippen LogP contribution >= 0.6 is 0 Å². The zero-order chi connectivity index (χ0) is 20.9. The van der Waals surface area contributed by atoms with Crippen molar-refractivity contribution >= 4 is 21.5 Å². The van der Waals surface area contributed by atoms with E-state index in [9.17, 15) is 18.0 Å². The van der Waals surface area contributed by atoms with Gasteiger partial charge in [-0.15, -0.1) is 0 Å². The second-order valence-electron chi connectivity index (χ2n) is 7.15. The van der Waals surface area contributed by atoms with E-state index < -0.39 is 9.84 Å². The molecule has 1 atom stereocenters. The van der Waals surface area contributed by atoms with Gasteiger partial charge < -0.3 is 9.64 Å². The number of hydrogen-bond donors (Lipinski definition) is 0. The van der Waals surface area contributed by atoms with E-state index in [1.54, 1.807) is 36.1 Å². The molecule has 0 N–H and O–H groups in total. The number of rotatable bonds is 8. The molecular weight excluding hydrogens is 390 g/mol. The van der Waals surface area contributed by atoms with Gasteiger partial charge in [0.2, 0.25) is 0 Å². The number of ketones is 1. The molecule has 29 heavy (non-hydrogen) atoms. The highest BCUT2D eigenvalue weighted by Gasteiger charge is 2.34. The molecule has 2 aromatic rings. The van der Waals surface area contributed by atoms with Crippen molar-refractivity contribution in [3.05, 3.63) is 65.7 Å². The van der Waals surface area contributed by atoms with E-state index in [2.05, 4.69) is 0 Å². The molecule has 1 aliphatic heterocycles. The first-order chi connectivity index (χ1) is 13.9. The minimum atomic E-state index is -3.12. The van der Waals surface area contributed by atoms with Crippen molar-refractivity contribution in [1.82, 2.24) is 4.90 Å². The lowest BCUT2D eigenvalue weighted by Crippen LogP contribution is -2.43. The summed E-state index contributed by atoms with van der Waals surface area (Å²) in [6.45, 7) is 1.95. The van der Waals surface area contributed by atoms with Gasteiger partial charge in [0.05, 0.1) is 11.5 Å². The number of benzene rings is 2. The Labute approximate surface area is 171 Å². The quantitative estimate of drug-likeness (QED) is 0.620. The third kappa shape index (κ3) is 5.67. The summed E-state index contributed by atoms with van der Waals surface area (Å²) in [6.07, 6.45) is 0.867. The van der Waals surface area contributed by atoms with Gasteiger partial charge in [0.25, 0.3) is 5.91 Å². The summed E-state index contributed by atoms with van der Waals surface area (Å²) in [7, 11) is -3.12. The Hall–Kier alpha value is -2.67. The molecule has 0 radical (unpaired) electrons. The molecule has 1 fully saturated rings. The topological polar surface area (TPSA) is 80.8 Å². The molecule has 3 rings (SSSR count). The van der Waals surface area contributed by atoms with Crippen molar-refractivity contribution in [2.75, 3.05) is 18.1 Å². The molecule has 0 bridgehead atoms. The van der Waals surface area contributed by atoms with Gasteiger partial charge in [-0.05, 0) is 36.2 Å². The van der Waals surface area contributed by atoms with E-state index in [0.717, 1.165) is 5.56 Å². The number of ether oxygens (including phenoxy) is 1. The van der Waals surface area contributed by atoms with E-state index in [1.807, 2.05) is 30.3 Å². The molecule has 1 saturated heterocycles. The average Bonchev–Trinajstić information content (AvgIpc) is 3.10. The molecule has 1 amide bonds. The number of carbonyl (C=O) groups excluding carboxylic acids is 2. The fraction of sp³-hybridized carbons (Fsp3) is 0.364. The molecule has 1 aliphatic rings. The molecular formula is C22H25NO5S. The van der Waals surface area contributed by atoms with Gasteiger partial charge in [-0.2, -0.15) is 0 Å². The lowest BCUT2D eigenvalue weighted by Gasteiger charge is -2.28. The zero-order valence-corrected chi connectivity index (χ0v) is 17.2. The number of sulfone groups is 1. The Morgan fingerprint density at radius 1 is 1.07 bits per heavy atom. The summed E-state index contributed by atoms with van der Waals surface area (Å²) in [6, 6.07) is 15.8. The van der Waals surface area contributed by atoms with Gasteiger partial charge in [0.15, 0.2) is 22.2 Å². The first-order valence-electron chi connectivity index (χ1n) is 9.68. The average molecular weight is 416 g/mol. The summed E-state index contributed by atoms with van der Waals surface area (Å²) in [5.74, 6) is 0.363. The van der Waals surface area contributed by atoms with Gasteiger partial charge in [0.1, 0.15) is 5.75 Å². The predicted molar refractivity (Wildman–Crippen MR) is 111 cm³/mol. The van der Waals surface area contributed by atoms with Crippen LogP contribution in [0.1, 0.15) is 35.7 Å². The molecule has 1 heterocycles. The zero-order valence-electron chi connectivity index (χ0n) is 16.4. The number of hydrogen-bond acceptors (Lipinski definition) is 5. The molecule has 6 nitrogen and oxygen atoms in total. The Kier molecular flexibility index (Phi) is 6.69. The maximum atomic E-state index is 12.9. The van der Waals surface area contributed by atoms with Crippen LogP contribution in [0.5, 0.6) is 5.75 Å². The predicted octanol–water partition coefficient (Wildman–Crippen LogP) is 2.87. The van der Waals surface area contributed by atoms with Crippen molar-refractivity contribution in [2.45, 2.75) is 32.4 Å². The van der Waals surface area contributed by atoms with Gasteiger partial charge in [-0.25, -0.2) is 8.42 Å². The van der Waals surface area contributed by atoms with Crippen LogP contribution in [0.15, 0.2) is 54.6 Å². The standard InChI is InChI=1S/C22H25NO5S/c1-2-21(24)18-8-10-20(11-9-18)28-15-22(25)23(14-17-6-4-3-5-7-17)19-12-13-29(26,27)16-19/h3-11,19H,2,12-16H2,1H3/t19-/m0/s1. The molecule has 0 spiro atoms. The number of carbonyl (C=O) groups is 2. The maximum absolute atomic E-state index is 12.9. The van der Waals surface area contributed by atoms with Crippen molar-refractivity contribution in [3.63, 3.8) is 0 Å².